The number of aromatic nitrogens is 2. The van der Waals surface area contributed by atoms with Gasteiger partial charge in [0.15, 0.2) is 0 Å². The number of ether oxygens (including phenoxy) is 1. The van der Waals surface area contributed by atoms with Gasteiger partial charge in [-0.3, -0.25) is 0 Å². The van der Waals surface area contributed by atoms with Crippen LogP contribution in [0.15, 0.2) is 22.7 Å². The number of halogens is 1. The van der Waals surface area contributed by atoms with E-state index in [0.29, 0.717) is 42.5 Å². The molecule has 1 aromatic carbocycles. The topological polar surface area (TPSA) is 60.2 Å². The molecule has 0 saturated carbocycles. The zero-order valence-electron chi connectivity index (χ0n) is 10.9. The molecular formula is C13H16FN3O2. The maximum Gasteiger partial charge on any atom is 0.240 e. The number of nitrogens with one attached hydrogen (secondary N) is 1. The third-order valence-electron chi connectivity index (χ3n) is 2.66. The standard InChI is InChI=1S/C13H16FN3O2/c1-9-3-4-10(7-11(9)14)13-16-12(19-17-13)8-15-5-6-18-2/h3-4,7,15H,5-6,8H2,1-2H3. The van der Waals surface area contributed by atoms with E-state index in [0.717, 1.165) is 0 Å². The van der Waals surface area contributed by atoms with Crippen molar-refractivity contribution < 1.29 is 13.7 Å². The van der Waals surface area contributed by atoms with Crippen LogP contribution in [0.25, 0.3) is 11.4 Å². The van der Waals surface area contributed by atoms with Crippen LogP contribution in [0.3, 0.4) is 0 Å². The smallest absolute Gasteiger partial charge is 0.240 e. The van der Waals surface area contributed by atoms with Crippen molar-refractivity contribution in [3.05, 3.63) is 35.5 Å². The van der Waals surface area contributed by atoms with E-state index in [1.807, 2.05) is 0 Å². The summed E-state index contributed by atoms with van der Waals surface area (Å²) < 4.78 is 23.4. The first kappa shape index (κ1) is 13.6. The second kappa shape index (κ2) is 6.40. The van der Waals surface area contributed by atoms with Crippen LogP contribution in [0.2, 0.25) is 0 Å². The molecule has 1 N–H and O–H groups in total. The third kappa shape index (κ3) is 3.59. The molecule has 0 unspecified atom stereocenters. The third-order valence-corrected chi connectivity index (χ3v) is 2.66. The Bertz CT molecular complexity index is 542. The van der Waals surface area contributed by atoms with Gasteiger partial charge in [-0.2, -0.15) is 4.98 Å². The molecule has 6 heteroatoms. The molecule has 0 radical (unpaired) electrons. The summed E-state index contributed by atoms with van der Waals surface area (Å²) in [5.41, 5.74) is 1.20. The molecule has 0 aliphatic heterocycles. The van der Waals surface area contributed by atoms with Crippen LogP contribution < -0.4 is 5.32 Å². The lowest BCUT2D eigenvalue weighted by molar-refractivity contribution is 0.197. The predicted octanol–water partition coefficient (Wildman–Crippen LogP) is 1.92. The van der Waals surface area contributed by atoms with Gasteiger partial charge in [0, 0.05) is 19.2 Å². The Kier molecular flexibility index (Phi) is 4.59. The van der Waals surface area contributed by atoms with Crippen LogP contribution in [0.5, 0.6) is 0 Å². The van der Waals surface area contributed by atoms with E-state index in [2.05, 4.69) is 15.5 Å². The summed E-state index contributed by atoms with van der Waals surface area (Å²) in [7, 11) is 1.64. The fraction of sp³-hybridized carbons (Fsp3) is 0.385. The molecule has 0 bridgehead atoms. The van der Waals surface area contributed by atoms with Crippen molar-refractivity contribution in [2.24, 2.45) is 0 Å². The first-order valence-electron chi connectivity index (χ1n) is 5.99. The molecule has 5 nitrogen and oxygen atoms in total. The van der Waals surface area contributed by atoms with E-state index >= 15 is 0 Å². The summed E-state index contributed by atoms with van der Waals surface area (Å²) in [6.07, 6.45) is 0. The van der Waals surface area contributed by atoms with Crippen LogP contribution in [0.1, 0.15) is 11.5 Å². The van der Waals surface area contributed by atoms with Gasteiger partial charge in [-0.05, 0) is 18.6 Å². The number of aryl methyl sites for hydroxylation is 1. The van der Waals surface area contributed by atoms with Crippen LogP contribution in [-0.4, -0.2) is 30.4 Å². The van der Waals surface area contributed by atoms with E-state index < -0.39 is 0 Å². The maximum absolute atomic E-state index is 13.4. The van der Waals surface area contributed by atoms with Crippen molar-refractivity contribution in [1.82, 2.24) is 15.5 Å². The molecule has 0 spiro atoms. The van der Waals surface area contributed by atoms with Crippen molar-refractivity contribution in [3.63, 3.8) is 0 Å². The largest absolute Gasteiger partial charge is 0.383 e. The average Bonchev–Trinajstić information content (AvgIpc) is 2.87. The van der Waals surface area contributed by atoms with Gasteiger partial charge in [0.05, 0.1) is 13.2 Å². The Balaban J connectivity index is 2.01. The van der Waals surface area contributed by atoms with E-state index in [1.165, 1.54) is 6.07 Å². The molecule has 0 fully saturated rings. The first-order valence-corrected chi connectivity index (χ1v) is 5.99. The minimum Gasteiger partial charge on any atom is -0.383 e. The van der Waals surface area contributed by atoms with Gasteiger partial charge < -0.3 is 14.6 Å². The summed E-state index contributed by atoms with van der Waals surface area (Å²) in [4.78, 5) is 4.20. The summed E-state index contributed by atoms with van der Waals surface area (Å²) >= 11 is 0. The van der Waals surface area contributed by atoms with E-state index in [1.54, 1.807) is 26.2 Å². The van der Waals surface area contributed by atoms with Crippen LogP contribution in [0.4, 0.5) is 4.39 Å². The van der Waals surface area contributed by atoms with Crippen LogP contribution >= 0.6 is 0 Å². The van der Waals surface area contributed by atoms with Crippen molar-refractivity contribution in [2.75, 3.05) is 20.3 Å². The summed E-state index contributed by atoms with van der Waals surface area (Å²) in [5, 5.41) is 6.92. The molecule has 1 aromatic heterocycles. The molecule has 2 aromatic rings. The molecule has 0 atom stereocenters. The maximum atomic E-state index is 13.4. The Morgan fingerprint density at radius 3 is 3.00 bits per heavy atom. The molecule has 19 heavy (non-hydrogen) atoms. The highest BCUT2D eigenvalue weighted by Crippen LogP contribution is 2.18. The molecule has 102 valence electrons. The van der Waals surface area contributed by atoms with Gasteiger partial charge in [0.1, 0.15) is 5.82 Å². The molecular weight excluding hydrogens is 249 g/mol. The molecule has 0 saturated heterocycles. The van der Waals surface area contributed by atoms with Gasteiger partial charge >= 0.3 is 0 Å². The van der Waals surface area contributed by atoms with Gasteiger partial charge in [0.25, 0.3) is 0 Å². The van der Waals surface area contributed by atoms with Crippen LogP contribution in [0, 0.1) is 12.7 Å². The van der Waals surface area contributed by atoms with Crippen molar-refractivity contribution >= 4 is 0 Å². The minimum absolute atomic E-state index is 0.276. The van der Waals surface area contributed by atoms with Crippen molar-refractivity contribution in [2.45, 2.75) is 13.5 Å². The monoisotopic (exact) mass is 265 g/mol. The molecule has 0 aliphatic carbocycles. The molecule has 0 amide bonds. The fourth-order valence-corrected chi connectivity index (χ4v) is 1.55. The van der Waals surface area contributed by atoms with Crippen molar-refractivity contribution in [1.29, 1.82) is 0 Å². The lowest BCUT2D eigenvalue weighted by atomic mass is 10.1. The first-order chi connectivity index (χ1) is 9.20. The molecule has 0 aliphatic rings. The number of hydrogen-bond acceptors (Lipinski definition) is 5. The minimum atomic E-state index is -0.276. The Morgan fingerprint density at radius 2 is 2.26 bits per heavy atom. The lowest BCUT2D eigenvalue weighted by Crippen LogP contribution is -2.18. The van der Waals surface area contributed by atoms with E-state index in [4.69, 9.17) is 9.26 Å². The Morgan fingerprint density at radius 1 is 1.42 bits per heavy atom. The SMILES string of the molecule is COCCNCc1nc(-c2ccc(C)c(F)c2)no1. The highest BCUT2D eigenvalue weighted by molar-refractivity contribution is 5.54. The highest BCUT2D eigenvalue weighted by atomic mass is 19.1. The average molecular weight is 265 g/mol. The lowest BCUT2D eigenvalue weighted by Gasteiger charge is -1.99. The molecule has 2 rings (SSSR count). The van der Waals surface area contributed by atoms with Gasteiger partial charge in [-0.1, -0.05) is 17.3 Å². The summed E-state index contributed by atoms with van der Waals surface area (Å²) in [6.45, 7) is 3.49. The normalized spacial score (nSPS) is 10.9. The zero-order valence-corrected chi connectivity index (χ0v) is 10.9. The number of rotatable bonds is 6. The number of nitrogens with zero attached hydrogens (tertiary/aromatic N) is 2. The fourth-order valence-electron chi connectivity index (χ4n) is 1.55. The van der Waals surface area contributed by atoms with Crippen LogP contribution in [-0.2, 0) is 11.3 Å². The second-order valence-electron chi connectivity index (χ2n) is 4.15. The van der Waals surface area contributed by atoms with Crippen molar-refractivity contribution in [3.8, 4) is 11.4 Å². The zero-order chi connectivity index (χ0) is 13.7. The van der Waals surface area contributed by atoms with Gasteiger partial charge in [-0.25, -0.2) is 4.39 Å². The quantitative estimate of drug-likeness (QED) is 0.809. The van der Waals surface area contributed by atoms with Gasteiger partial charge in [-0.15, -0.1) is 0 Å². The van der Waals surface area contributed by atoms with Gasteiger partial charge in [0.2, 0.25) is 11.7 Å². The summed E-state index contributed by atoms with van der Waals surface area (Å²) in [6, 6.07) is 4.87. The number of benzene rings is 1. The van der Waals surface area contributed by atoms with E-state index in [9.17, 15) is 4.39 Å². The number of hydrogen-bond donors (Lipinski definition) is 1. The Labute approximate surface area is 110 Å². The van der Waals surface area contributed by atoms with E-state index in [-0.39, 0.29) is 5.82 Å². The second-order valence-corrected chi connectivity index (χ2v) is 4.15. The highest BCUT2D eigenvalue weighted by Gasteiger charge is 2.09. The summed E-state index contributed by atoms with van der Waals surface area (Å²) in [5.74, 6) is 0.580. The number of methoxy groups -OCH3 is 1. The predicted molar refractivity (Wildman–Crippen MR) is 68.0 cm³/mol. The Hall–Kier alpha value is -1.79. The molecule has 1 heterocycles.